The second-order valence-electron chi connectivity index (χ2n) is 7.29. The number of aromatic nitrogens is 1. The highest BCUT2D eigenvalue weighted by Gasteiger charge is 2.32. The Morgan fingerprint density at radius 2 is 1.81 bits per heavy atom. The van der Waals surface area contributed by atoms with Gasteiger partial charge in [-0.3, -0.25) is 9.69 Å². The van der Waals surface area contributed by atoms with Gasteiger partial charge >= 0.3 is 0 Å². The summed E-state index contributed by atoms with van der Waals surface area (Å²) in [4.78, 5) is 20.1. The van der Waals surface area contributed by atoms with Gasteiger partial charge in [0, 0.05) is 32.6 Å². The van der Waals surface area contributed by atoms with E-state index < -0.39 is 0 Å². The summed E-state index contributed by atoms with van der Waals surface area (Å²) < 4.78 is 4.05. The van der Waals surface area contributed by atoms with Gasteiger partial charge in [-0.15, -0.1) is 0 Å². The number of nitrogens with zero attached hydrogens (tertiary/aromatic N) is 3. The number of carbonyl (C=O) groups is 1. The van der Waals surface area contributed by atoms with E-state index in [9.17, 15) is 4.79 Å². The van der Waals surface area contributed by atoms with E-state index in [1.807, 2.05) is 37.3 Å². The molecule has 1 aromatic heterocycles. The molecule has 8 heteroatoms. The molecule has 1 fully saturated rings. The molecular formula is C24H20Br2ClN3OS. The lowest BCUT2D eigenvalue weighted by Crippen LogP contribution is -2.28. The lowest BCUT2D eigenvalue weighted by Gasteiger charge is -2.12. The number of aliphatic imine (C=N–C) groups is 1. The first-order chi connectivity index (χ1) is 15.3. The first kappa shape index (κ1) is 23.4. The van der Waals surface area contributed by atoms with Crippen LogP contribution in [0.15, 0.2) is 67.4 Å². The summed E-state index contributed by atoms with van der Waals surface area (Å²) in [5.74, 6) is -0.0343. The van der Waals surface area contributed by atoms with E-state index >= 15 is 0 Å². The van der Waals surface area contributed by atoms with Gasteiger partial charge in [0.2, 0.25) is 0 Å². The van der Waals surface area contributed by atoms with Gasteiger partial charge in [-0.25, -0.2) is 4.99 Å². The van der Waals surface area contributed by atoms with Gasteiger partial charge in [-0.05, 0) is 109 Å². The van der Waals surface area contributed by atoms with E-state index in [1.54, 1.807) is 11.0 Å². The molecule has 0 radical (unpaired) electrons. The zero-order valence-electron chi connectivity index (χ0n) is 17.7. The number of aryl methyl sites for hydroxylation is 1. The fourth-order valence-corrected chi connectivity index (χ4v) is 5.34. The van der Waals surface area contributed by atoms with Crippen LogP contribution in [0.4, 0.5) is 5.69 Å². The van der Waals surface area contributed by atoms with Gasteiger partial charge in [0.25, 0.3) is 5.91 Å². The molecule has 164 valence electrons. The van der Waals surface area contributed by atoms with Crippen LogP contribution in [-0.4, -0.2) is 27.1 Å². The standard InChI is InChI=1S/C24H20Br2ClN3OS/c1-4-29-23(31)22(32-24(29)28-18-7-10-20(26)21(27)13-18)12-16-11-14(2)30(15(16)3)19-8-5-17(25)6-9-19/h5-13H,4H2,1-3H3/b22-12+,28-24?. The predicted molar refractivity (Wildman–Crippen MR) is 142 cm³/mol. The molecule has 1 aliphatic heterocycles. The van der Waals surface area contributed by atoms with Crippen molar-refractivity contribution in [1.82, 2.24) is 9.47 Å². The van der Waals surface area contributed by atoms with Crippen LogP contribution >= 0.6 is 55.2 Å². The van der Waals surface area contributed by atoms with Gasteiger partial charge in [-0.2, -0.15) is 0 Å². The Morgan fingerprint density at radius 1 is 1.09 bits per heavy atom. The first-order valence-electron chi connectivity index (χ1n) is 9.98. The monoisotopic (exact) mass is 591 g/mol. The van der Waals surface area contributed by atoms with Crippen LogP contribution in [0, 0.1) is 13.8 Å². The van der Waals surface area contributed by atoms with Gasteiger partial charge in [-0.1, -0.05) is 27.5 Å². The van der Waals surface area contributed by atoms with Crippen LogP contribution in [0.5, 0.6) is 0 Å². The lowest BCUT2D eigenvalue weighted by atomic mass is 10.2. The Bertz CT molecular complexity index is 1260. The van der Waals surface area contributed by atoms with Crippen molar-refractivity contribution in [2.24, 2.45) is 4.99 Å². The molecule has 2 aromatic carbocycles. The number of amides is 1. The van der Waals surface area contributed by atoms with E-state index in [-0.39, 0.29) is 5.91 Å². The van der Waals surface area contributed by atoms with Gasteiger partial charge in [0.05, 0.1) is 15.6 Å². The van der Waals surface area contributed by atoms with Crippen LogP contribution < -0.4 is 0 Å². The van der Waals surface area contributed by atoms with Crippen LogP contribution in [0.25, 0.3) is 11.8 Å². The zero-order chi connectivity index (χ0) is 23.0. The maximum atomic E-state index is 13.1. The fourth-order valence-electron chi connectivity index (χ4n) is 3.60. The number of thioether (sulfide) groups is 1. The SMILES string of the molecule is CCN1C(=O)/C(=C\c2cc(C)n(-c3ccc(Br)cc3)c2C)SC1=Nc1ccc(Br)c(Cl)c1. The molecule has 4 rings (SSSR count). The second-order valence-corrected chi connectivity index (χ2v) is 10.5. The van der Waals surface area contributed by atoms with Crippen molar-refractivity contribution >= 4 is 78.1 Å². The van der Waals surface area contributed by atoms with Gasteiger partial charge in [0.15, 0.2) is 5.17 Å². The second kappa shape index (κ2) is 9.59. The summed E-state index contributed by atoms with van der Waals surface area (Å²) in [5.41, 5.74) is 5.01. The average Bonchev–Trinajstić information content (AvgIpc) is 3.20. The third-order valence-corrected chi connectivity index (χ3v) is 7.94. The van der Waals surface area contributed by atoms with Crippen LogP contribution in [0.2, 0.25) is 5.02 Å². The van der Waals surface area contributed by atoms with E-state index in [1.165, 1.54) is 11.8 Å². The van der Waals surface area contributed by atoms with Crippen molar-refractivity contribution in [2.75, 3.05) is 6.54 Å². The molecule has 1 saturated heterocycles. The summed E-state index contributed by atoms with van der Waals surface area (Å²) in [6.07, 6.45) is 1.96. The molecule has 0 unspecified atom stereocenters. The first-order valence-corrected chi connectivity index (χ1v) is 12.8. The Labute approximate surface area is 213 Å². The van der Waals surface area contributed by atoms with E-state index in [0.29, 0.717) is 27.3 Å². The van der Waals surface area contributed by atoms with Gasteiger partial charge < -0.3 is 4.57 Å². The van der Waals surface area contributed by atoms with Gasteiger partial charge in [0.1, 0.15) is 0 Å². The van der Waals surface area contributed by atoms with E-state index in [4.69, 9.17) is 11.6 Å². The Morgan fingerprint density at radius 3 is 2.47 bits per heavy atom. The number of rotatable bonds is 4. The molecule has 0 saturated carbocycles. The summed E-state index contributed by atoms with van der Waals surface area (Å²) in [7, 11) is 0. The van der Waals surface area contributed by atoms with Crippen molar-refractivity contribution in [1.29, 1.82) is 0 Å². The van der Waals surface area contributed by atoms with Crippen molar-refractivity contribution in [2.45, 2.75) is 20.8 Å². The molecule has 32 heavy (non-hydrogen) atoms. The molecule has 1 amide bonds. The quantitative estimate of drug-likeness (QED) is 0.289. The number of hydrogen-bond acceptors (Lipinski definition) is 3. The summed E-state index contributed by atoms with van der Waals surface area (Å²) in [5, 5.41) is 1.24. The smallest absolute Gasteiger partial charge is 0.266 e. The minimum absolute atomic E-state index is 0.0343. The third-order valence-electron chi connectivity index (χ3n) is 5.17. The molecule has 0 aliphatic carbocycles. The zero-order valence-corrected chi connectivity index (χ0v) is 22.4. The number of amidine groups is 1. The number of carbonyl (C=O) groups excluding carboxylic acids is 1. The highest BCUT2D eigenvalue weighted by Crippen LogP contribution is 2.36. The molecular weight excluding hydrogens is 574 g/mol. The molecule has 0 atom stereocenters. The van der Waals surface area contributed by atoms with E-state index in [0.717, 1.165) is 31.6 Å². The molecule has 4 nitrogen and oxygen atoms in total. The number of halogens is 3. The predicted octanol–water partition coefficient (Wildman–Crippen LogP) is 7.90. The Kier molecular flexibility index (Phi) is 7.00. The third kappa shape index (κ3) is 4.62. The molecule has 0 spiro atoms. The molecule has 1 aliphatic rings. The maximum Gasteiger partial charge on any atom is 0.266 e. The molecule has 0 N–H and O–H groups in total. The van der Waals surface area contributed by atoms with E-state index in [2.05, 4.69) is 73.5 Å². The van der Waals surface area contributed by atoms with Crippen LogP contribution in [-0.2, 0) is 4.79 Å². The molecule has 0 bridgehead atoms. The minimum Gasteiger partial charge on any atom is -0.318 e. The van der Waals surface area contributed by atoms with Crippen molar-refractivity contribution in [3.05, 3.63) is 84.4 Å². The average molecular weight is 594 g/mol. The van der Waals surface area contributed by atoms with Crippen molar-refractivity contribution in [3.8, 4) is 5.69 Å². The highest BCUT2D eigenvalue weighted by molar-refractivity contribution is 9.10. The summed E-state index contributed by atoms with van der Waals surface area (Å²) in [6.45, 7) is 6.64. The van der Waals surface area contributed by atoms with Crippen molar-refractivity contribution < 1.29 is 4.79 Å². The summed E-state index contributed by atoms with van der Waals surface area (Å²) >= 11 is 14.5. The maximum absolute atomic E-state index is 13.1. The van der Waals surface area contributed by atoms with Crippen LogP contribution in [0.3, 0.4) is 0 Å². The van der Waals surface area contributed by atoms with Crippen molar-refractivity contribution in [3.63, 3.8) is 0 Å². The highest BCUT2D eigenvalue weighted by atomic mass is 79.9. The minimum atomic E-state index is -0.0343. The number of benzene rings is 2. The lowest BCUT2D eigenvalue weighted by molar-refractivity contribution is -0.122. The number of likely N-dealkylation sites (N-methyl/N-ethyl adjacent to an activating group) is 1. The molecule has 3 aromatic rings. The largest absolute Gasteiger partial charge is 0.318 e. The topological polar surface area (TPSA) is 37.6 Å². The summed E-state index contributed by atoms with van der Waals surface area (Å²) in [6, 6.07) is 15.8. The Balaban J connectivity index is 1.69. The number of hydrogen-bond donors (Lipinski definition) is 0. The molecule has 2 heterocycles. The normalized spacial score (nSPS) is 16.6. The van der Waals surface area contributed by atoms with Crippen LogP contribution in [0.1, 0.15) is 23.9 Å². The Hall–Kier alpha value is -1.80. The fraction of sp³-hybridized carbons (Fsp3) is 0.167.